The maximum atomic E-state index is 12.8. The van der Waals surface area contributed by atoms with E-state index in [0.717, 1.165) is 75.2 Å². The van der Waals surface area contributed by atoms with Gasteiger partial charge < -0.3 is 10.1 Å². The molecule has 2 aliphatic rings. The summed E-state index contributed by atoms with van der Waals surface area (Å²) in [7, 11) is 0. The third-order valence-electron chi connectivity index (χ3n) is 7.03. The monoisotopic (exact) mass is 463 g/mol. The van der Waals surface area contributed by atoms with Crippen LogP contribution in [0, 0.1) is 5.92 Å². The number of hydrogen-bond acceptors (Lipinski definition) is 6. The lowest BCUT2D eigenvalue weighted by Gasteiger charge is -2.36. The fourth-order valence-electron chi connectivity index (χ4n) is 5.15. The lowest BCUT2D eigenvalue weighted by atomic mass is 9.88. The first-order valence-corrected chi connectivity index (χ1v) is 12.9. The Morgan fingerprint density at radius 3 is 2.68 bits per heavy atom. The molecule has 4 rings (SSSR count). The molecular weight excluding hydrogens is 426 g/mol. The second-order valence-electron chi connectivity index (χ2n) is 9.39. The highest BCUT2D eigenvalue weighted by Crippen LogP contribution is 2.29. The van der Waals surface area contributed by atoms with Crippen LogP contribution in [0.5, 0.6) is 0 Å². The maximum absolute atomic E-state index is 12.8. The summed E-state index contributed by atoms with van der Waals surface area (Å²) >= 11 is 0. The van der Waals surface area contributed by atoms with Crippen LogP contribution in [0.25, 0.3) is 0 Å². The van der Waals surface area contributed by atoms with Gasteiger partial charge in [-0.1, -0.05) is 36.4 Å². The molecule has 0 amide bonds. The third-order valence-corrected chi connectivity index (χ3v) is 7.03. The topological polar surface area (TPSA) is 71.5 Å². The number of aromatic nitrogens is 1. The quantitative estimate of drug-likeness (QED) is 0.405. The second-order valence-corrected chi connectivity index (χ2v) is 9.39. The minimum absolute atomic E-state index is 0.0981. The van der Waals surface area contributed by atoms with Crippen molar-refractivity contribution in [2.75, 3.05) is 31.6 Å². The molecular formula is C28H37N3O3. The Balaban J connectivity index is 1.22. The number of hydrogen-bond donors (Lipinski definition) is 1. The summed E-state index contributed by atoms with van der Waals surface area (Å²) in [5.74, 6) is 1.31. The van der Waals surface area contributed by atoms with Gasteiger partial charge in [0.25, 0.3) is 0 Å². The number of carbonyl (C=O) groups excluding carboxylic acids is 2. The average molecular weight is 464 g/mol. The molecule has 3 heterocycles. The fraction of sp³-hybridized carbons (Fsp3) is 0.536. The van der Waals surface area contributed by atoms with Gasteiger partial charge in [0.15, 0.2) is 0 Å². The first-order valence-electron chi connectivity index (χ1n) is 12.9. The van der Waals surface area contributed by atoms with Crippen LogP contribution in [0.4, 0.5) is 5.82 Å². The molecule has 1 saturated heterocycles. The van der Waals surface area contributed by atoms with E-state index in [2.05, 4.69) is 22.3 Å². The van der Waals surface area contributed by atoms with Crippen molar-refractivity contribution in [2.45, 2.75) is 64.3 Å². The number of rotatable bonds is 10. The minimum atomic E-state index is -0.393. The first-order chi connectivity index (χ1) is 16.7. The van der Waals surface area contributed by atoms with Gasteiger partial charge in [0.1, 0.15) is 17.6 Å². The molecule has 34 heavy (non-hydrogen) atoms. The molecule has 1 aromatic heterocycles. The van der Waals surface area contributed by atoms with Crippen molar-refractivity contribution in [2.24, 2.45) is 5.92 Å². The van der Waals surface area contributed by atoms with Gasteiger partial charge in [-0.15, -0.1) is 0 Å². The predicted octanol–water partition coefficient (Wildman–Crippen LogP) is 4.74. The summed E-state index contributed by atoms with van der Waals surface area (Å²) < 4.78 is 5.36. The minimum Gasteiger partial charge on any atom is -0.465 e. The van der Waals surface area contributed by atoms with Crippen LogP contribution in [0.2, 0.25) is 0 Å². The van der Waals surface area contributed by atoms with Gasteiger partial charge in [-0.25, -0.2) is 9.78 Å². The Hall–Kier alpha value is -2.73. The van der Waals surface area contributed by atoms with Crippen molar-refractivity contribution in [3.8, 4) is 0 Å². The summed E-state index contributed by atoms with van der Waals surface area (Å²) in [5.41, 5.74) is 3.38. The molecule has 1 N–H and O–H groups in total. The van der Waals surface area contributed by atoms with Gasteiger partial charge in [0, 0.05) is 24.6 Å². The number of anilines is 1. The standard InChI is InChI=1S/C28H37N3O3/c1-2-34-28(33)26(22-9-4-3-5-10-22)31-19-16-21(17-20-31)25(32)13-7-6-12-24-15-14-23-11-8-18-29-27(23)30-24/h3-5,9-10,14-15,21,26H,2,6-8,11-13,16-20H2,1H3,(H,29,30). The van der Waals surface area contributed by atoms with E-state index in [1.54, 1.807) is 0 Å². The van der Waals surface area contributed by atoms with Crippen molar-refractivity contribution >= 4 is 17.6 Å². The van der Waals surface area contributed by atoms with Crippen LogP contribution in [0.3, 0.4) is 0 Å². The van der Waals surface area contributed by atoms with E-state index >= 15 is 0 Å². The molecule has 1 unspecified atom stereocenters. The van der Waals surface area contributed by atoms with E-state index in [-0.39, 0.29) is 11.9 Å². The summed E-state index contributed by atoms with van der Waals surface area (Å²) in [6.45, 7) is 4.68. The molecule has 182 valence electrons. The summed E-state index contributed by atoms with van der Waals surface area (Å²) in [6, 6.07) is 13.8. The molecule has 1 atom stereocenters. The van der Waals surface area contributed by atoms with Gasteiger partial charge in [-0.2, -0.15) is 0 Å². The molecule has 6 heteroatoms. The number of piperidine rings is 1. The number of benzene rings is 1. The van der Waals surface area contributed by atoms with E-state index in [4.69, 9.17) is 9.72 Å². The maximum Gasteiger partial charge on any atom is 0.327 e. The SMILES string of the molecule is CCOC(=O)C(c1ccccc1)N1CCC(C(=O)CCCCc2ccc3c(n2)NCCC3)CC1. The number of ether oxygens (including phenoxy) is 1. The normalized spacial score (nSPS) is 17.4. The number of Topliss-reactive ketones (excluding diaryl/α,β-unsaturated/α-hetero) is 1. The number of nitrogens with one attached hydrogen (secondary N) is 1. The Morgan fingerprint density at radius 1 is 1.12 bits per heavy atom. The number of unbranched alkanes of at least 4 members (excludes halogenated alkanes) is 1. The second kappa shape index (κ2) is 12.1. The molecule has 0 radical (unpaired) electrons. The van der Waals surface area contributed by atoms with Gasteiger partial charge in [-0.05, 0) is 82.2 Å². The van der Waals surface area contributed by atoms with E-state index in [9.17, 15) is 9.59 Å². The van der Waals surface area contributed by atoms with Crippen LogP contribution in [0.1, 0.15) is 68.3 Å². The zero-order chi connectivity index (χ0) is 23.8. The zero-order valence-electron chi connectivity index (χ0n) is 20.3. The van der Waals surface area contributed by atoms with Crippen molar-refractivity contribution in [1.29, 1.82) is 0 Å². The number of pyridine rings is 1. The number of fused-ring (bicyclic) bond motifs is 1. The molecule has 2 aromatic rings. The number of carbonyl (C=O) groups is 2. The van der Waals surface area contributed by atoms with Crippen LogP contribution in [-0.2, 0) is 27.2 Å². The van der Waals surface area contributed by atoms with E-state index in [1.807, 2.05) is 37.3 Å². The molecule has 2 aliphatic heterocycles. The van der Waals surface area contributed by atoms with Crippen molar-refractivity contribution in [1.82, 2.24) is 9.88 Å². The highest BCUT2D eigenvalue weighted by atomic mass is 16.5. The van der Waals surface area contributed by atoms with E-state index in [1.165, 1.54) is 12.0 Å². The number of likely N-dealkylation sites (tertiary alicyclic amines) is 1. The molecule has 1 aromatic carbocycles. The molecule has 0 spiro atoms. The van der Waals surface area contributed by atoms with Gasteiger partial charge in [-0.3, -0.25) is 9.69 Å². The largest absolute Gasteiger partial charge is 0.465 e. The lowest BCUT2D eigenvalue weighted by Crippen LogP contribution is -2.42. The summed E-state index contributed by atoms with van der Waals surface area (Å²) in [4.78, 5) is 32.5. The number of aryl methyl sites for hydroxylation is 2. The average Bonchev–Trinajstić information content (AvgIpc) is 2.88. The van der Waals surface area contributed by atoms with Crippen LogP contribution >= 0.6 is 0 Å². The Bertz CT molecular complexity index is 955. The van der Waals surface area contributed by atoms with Crippen LogP contribution in [-0.4, -0.2) is 47.9 Å². The summed E-state index contributed by atoms with van der Waals surface area (Å²) in [6.07, 6.45) is 7.32. The predicted molar refractivity (Wildman–Crippen MR) is 134 cm³/mol. The van der Waals surface area contributed by atoms with Crippen molar-refractivity contribution in [3.63, 3.8) is 0 Å². The smallest absolute Gasteiger partial charge is 0.327 e. The van der Waals surface area contributed by atoms with Crippen LogP contribution < -0.4 is 5.32 Å². The lowest BCUT2D eigenvalue weighted by molar-refractivity contribution is -0.150. The van der Waals surface area contributed by atoms with Gasteiger partial charge in [0.05, 0.1) is 6.61 Å². The molecule has 0 bridgehead atoms. The molecule has 6 nitrogen and oxygen atoms in total. The highest BCUT2D eigenvalue weighted by Gasteiger charge is 2.33. The fourth-order valence-corrected chi connectivity index (χ4v) is 5.15. The van der Waals surface area contributed by atoms with Crippen molar-refractivity contribution < 1.29 is 14.3 Å². The highest BCUT2D eigenvalue weighted by molar-refractivity contribution is 5.81. The molecule has 0 aliphatic carbocycles. The number of ketones is 1. The molecule has 1 fully saturated rings. The Morgan fingerprint density at radius 2 is 1.91 bits per heavy atom. The number of esters is 1. The zero-order valence-corrected chi connectivity index (χ0v) is 20.3. The Labute approximate surface area is 203 Å². The van der Waals surface area contributed by atoms with Crippen LogP contribution in [0.15, 0.2) is 42.5 Å². The molecule has 0 saturated carbocycles. The van der Waals surface area contributed by atoms with Crippen molar-refractivity contribution in [3.05, 3.63) is 59.3 Å². The van der Waals surface area contributed by atoms with E-state index in [0.29, 0.717) is 18.8 Å². The summed E-state index contributed by atoms with van der Waals surface area (Å²) in [5, 5.41) is 3.39. The first kappa shape index (κ1) is 24.4. The van der Waals surface area contributed by atoms with E-state index < -0.39 is 6.04 Å². The Kier molecular flexibility index (Phi) is 8.69. The van der Waals surface area contributed by atoms with Gasteiger partial charge in [0.2, 0.25) is 0 Å². The number of nitrogens with zero attached hydrogens (tertiary/aromatic N) is 2. The van der Waals surface area contributed by atoms with Gasteiger partial charge >= 0.3 is 5.97 Å². The third kappa shape index (κ3) is 6.23.